The fourth-order valence-electron chi connectivity index (χ4n) is 18.0. The van der Waals surface area contributed by atoms with E-state index < -0.39 is 0 Å². The molecule has 0 aliphatic heterocycles. The average Bonchev–Trinajstić information content (AvgIpc) is 1.40. The summed E-state index contributed by atoms with van der Waals surface area (Å²) in [5, 5.41) is 11.2. The zero-order valence-corrected chi connectivity index (χ0v) is 71.6. The van der Waals surface area contributed by atoms with Crippen molar-refractivity contribution < 1.29 is 9.90 Å². The van der Waals surface area contributed by atoms with E-state index in [1.165, 1.54) is 40.3 Å². The molecular formula is C118H80N6OS3. The number of hydrogen-bond acceptors (Lipinski definition) is 10. The Balaban J connectivity index is 0.000000153. The van der Waals surface area contributed by atoms with Crippen LogP contribution in [-0.4, -0.2) is 0 Å². The van der Waals surface area contributed by atoms with Crippen LogP contribution in [0.15, 0.2) is 490 Å². The van der Waals surface area contributed by atoms with Crippen LogP contribution in [0.2, 0.25) is 0 Å². The van der Waals surface area contributed by atoms with Gasteiger partial charge in [0.2, 0.25) is 0 Å². The highest BCUT2D eigenvalue weighted by molar-refractivity contribution is 7.27. The van der Waals surface area contributed by atoms with Crippen LogP contribution in [0, 0.1) is 0 Å². The summed E-state index contributed by atoms with van der Waals surface area (Å²) in [6, 6.07) is 160. The highest BCUT2D eigenvalue weighted by atomic mass is 32.1. The molecule has 24 aromatic rings. The van der Waals surface area contributed by atoms with Gasteiger partial charge in [0.25, 0.3) is 0 Å². The molecule has 24 rings (SSSR count). The molecule has 7 nitrogen and oxygen atoms in total. The lowest BCUT2D eigenvalue weighted by atomic mass is 10.0. The molecule has 0 radical (unpaired) electrons. The maximum Gasteiger partial charge on any atom is 0.143 e. The van der Waals surface area contributed by atoms with Crippen LogP contribution in [0.4, 0.5) is 102 Å². The lowest BCUT2D eigenvalue weighted by Crippen LogP contribution is -2.12. The van der Waals surface area contributed by atoms with Crippen molar-refractivity contribution in [3.8, 4) is 11.1 Å². The quantitative estimate of drug-likeness (QED) is 0.0798. The number of anilines is 18. The number of furan rings is 1. The monoisotopic (exact) mass is 1700 g/mol. The smallest absolute Gasteiger partial charge is 0.143 e. The topological polar surface area (TPSA) is 32.6 Å². The Kier molecular flexibility index (Phi) is 19.0. The van der Waals surface area contributed by atoms with Crippen LogP contribution < -0.4 is 29.4 Å². The summed E-state index contributed by atoms with van der Waals surface area (Å²) in [5.74, 6) is 0. The van der Waals surface area contributed by atoms with Gasteiger partial charge in [-0.1, -0.05) is 237 Å². The first-order valence-electron chi connectivity index (χ1n) is 44.8. The third kappa shape index (κ3) is 14.4. The Labute approximate surface area is 759 Å². The minimum absolute atomic E-state index is 0.135. The maximum atomic E-state index is 9.92. The molecule has 606 valence electrons. The van der Waals surface area contributed by atoms with Crippen molar-refractivity contribution >= 4 is 230 Å². The standard InChI is InChI=1S/C64H43N3OS.C54H37N3S2/c1-5-18-45(19-6-1)65(46-20-7-2-8-21-46)50-36-38-51(39-37-50)66(49-34-32-44(33-35-49)53-29-17-30-56-55-27-15-16-31-61(55)68-63(53)56)52-40-41-62-58(42-52)59-43-60(54-26-13-14-28-57(54)64(59)69-62)67(47-22-9-3-10-23-47)48-24-11-4-12-25-48;1-5-15-38(16-6-1)55(39-17-7-2-8-18-39)42-25-27-43(28-26-42)57(45-30-32-52-48(35-45)47-23-13-14-24-51(47)58-52)46-31-34-54-50(37-46)49-36-44(29-33-53(49)59-54)56(40-19-9-3-10-20-40)41-21-11-4-12-22-41/h1-43H;1-37H/i32D,33D,34D,35D;. The van der Waals surface area contributed by atoms with Gasteiger partial charge in [0.15, 0.2) is 0 Å². The van der Waals surface area contributed by atoms with Crippen molar-refractivity contribution in [1.82, 2.24) is 0 Å². The molecule has 0 aliphatic rings. The van der Waals surface area contributed by atoms with Crippen molar-refractivity contribution in [2.45, 2.75) is 0 Å². The molecule has 0 saturated heterocycles. The van der Waals surface area contributed by atoms with Crippen LogP contribution in [0.5, 0.6) is 0 Å². The molecular weight excluding hydrogens is 1610 g/mol. The highest BCUT2D eigenvalue weighted by Crippen LogP contribution is 2.52. The summed E-state index contributed by atoms with van der Waals surface area (Å²) in [6.45, 7) is 0. The zero-order valence-electron chi connectivity index (χ0n) is 73.2. The highest BCUT2D eigenvalue weighted by Gasteiger charge is 2.26. The summed E-state index contributed by atoms with van der Waals surface area (Å²) in [5.41, 5.74) is 19.4. The van der Waals surface area contributed by atoms with E-state index >= 15 is 0 Å². The molecule has 0 N–H and O–H groups in total. The third-order valence-electron chi connectivity index (χ3n) is 23.9. The summed E-state index contributed by atoms with van der Waals surface area (Å²) in [6.07, 6.45) is 0. The second-order valence-corrected chi connectivity index (χ2v) is 34.8. The predicted octanol–water partition coefficient (Wildman–Crippen LogP) is 36.0. The van der Waals surface area contributed by atoms with Gasteiger partial charge in [-0.2, -0.15) is 0 Å². The summed E-state index contributed by atoms with van der Waals surface area (Å²) < 4.78 is 53.1. The minimum atomic E-state index is -0.173. The first kappa shape index (κ1) is 72.4. The maximum absolute atomic E-state index is 9.92. The molecule has 0 saturated carbocycles. The number of para-hydroxylation sites is 10. The lowest BCUT2D eigenvalue weighted by molar-refractivity contribution is 0.670. The van der Waals surface area contributed by atoms with Gasteiger partial charge in [0.05, 0.1) is 11.2 Å². The first-order chi connectivity index (χ1) is 65.2. The molecule has 0 aliphatic carbocycles. The van der Waals surface area contributed by atoms with Crippen molar-refractivity contribution in [3.63, 3.8) is 0 Å². The van der Waals surface area contributed by atoms with Crippen LogP contribution in [-0.2, 0) is 0 Å². The lowest BCUT2D eigenvalue weighted by Gasteiger charge is -2.28. The molecule has 0 spiro atoms. The second-order valence-electron chi connectivity index (χ2n) is 31.6. The number of nitrogens with zero attached hydrogens (tertiary/aromatic N) is 6. The van der Waals surface area contributed by atoms with E-state index in [-0.39, 0.29) is 35.4 Å². The van der Waals surface area contributed by atoms with E-state index in [1.54, 1.807) is 11.3 Å². The number of hydrogen-bond donors (Lipinski definition) is 0. The van der Waals surface area contributed by atoms with E-state index in [1.807, 2.05) is 149 Å². The van der Waals surface area contributed by atoms with Gasteiger partial charge in [-0.3, -0.25) is 0 Å². The second kappa shape index (κ2) is 33.5. The number of thiophene rings is 3. The molecule has 0 amide bonds. The van der Waals surface area contributed by atoms with Gasteiger partial charge in [-0.25, -0.2) is 0 Å². The van der Waals surface area contributed by atoms with E-state index in [2.05, 4.69) is 364 Å². The third-order valence-corrected chi connectivity index (χ3v) is 27.4. The van der Waals surface area contributed by atoms with Crippen molar-refractivity contribution in [3.05, 3.63) is 485 Å². The Bertz CT molecular complexity index is 8220. The van der Waals surface area contributed by atoms with Crippen molar-refractivity contribution in [2.75, 3.05) is 29.4 Å². The summed E-state index contributed by atoms with van der Waals surface area (Å²) in [4.78, 5) is 13.5. The molecule has 0 bridgehead atoms. The van der Waals surface area contributed by atoms with Crippen molar-refractivity contribution in [2.24, 2.45) is 0 Å². The summed E-state index contributed by atoms with van der Waals surface area (Å²) >= 11 is 5.45. The molecule has 0 atom stereocenters. The van der Waals surface area contributed by atoms with E-state index in [0.717, 1.165) is 127 Å². The molecule has 4 aromatic heterocycles. The molecule has 4 heterocycles. The van der Waals surface area contributed by atoms with Crippen LogP contribution in [0.25, 0.3) is 104 Å². The van der Waals surface area contributed by atoms with Crippen LogP contribution in [0.1, 0.15) is 5.48 Å². The zero-order chi connectivity index (χ0) is 88.3. The predicted molar refractivity (Wildman–Crippen MR) is 550 cm³/mol. The van der Waals surface area contributed by atoms with E-state index in [9.17, 15) is 5.48 Å². The Morgan fingerprint density at radius 2 is 0.461 bits per heavy atom. The van der Waals surface area contributed by atoms with Gasteiger partial charge in [-0.05, 0) is 254 Å². The van der Waals surface area contributed by atoms with E-state index in [4.69, 9.17) is 4.42 Å². The number of benzene rings is 20. The van der Waals surface area contributed by atoms with Gasteiger partial charge in [-0.15, -0.1) is 34.0 Å². The Morgan fingerprint density at radius 1 is 0.180 bits per heavy atom. The largest absolute Gasteiger partial charge is 0.455 e. The minimum Gasteiger partial charge on any atom is -0.455 e. The number of rotatable bonds is 19. The fourth-order valence-corrected chi connectivity index (χ4v) is 21.4. The fraction of sp³-hybridized carbons (Fsp3) is 0. The first-order valence-corrected chi connectivity index (χ1v) is 45.3. The normalized spacial score (nSPS) is 11.9. The van der Waals surface area contributed by atoms with Crippen LogP contribution in [0.3, 0.4) is 0 Å². The SMILES string of the molecule is [2H]c1c([2H])c(N(c2ccc(N(c3ccccc3)c3ccccc3)cc2)c2ccc3sc4c5ccccc5c(N(c5ccccc5)c5ccccc5)cc4c3c2)c([2H])c([2H])c1-c1cccc2c1oc1ccccc12.c1ccc(N(c2ccccc2)c2ccc(N(c3ccc4sc5ccccc5c4c3)c3ccc4sc5ccc(N(c6ccccc6)c6ccccc6)cc5c4c3)cc2)cc1. The molecule has 10 heteroatoms. The Hall–Kier alpha value is -16.1. The van der Waals surface area contributed by atoms with Gasteiger partial charge in [0.1, 0.15) is 11.2 Å². The molecule has 0 unspecified atom stereocenters. The Morgan fingerprint density at radius 3 is 0.875 bits per heavy atom. The van der Waals surface area contributed by atoms with Crippen LogP contribution >= 0.6 is 34.0 Å². The van der Waals surface area contributed by atoms with Gasteiger partial charge < -0.3 is 33.8 Å². The van der Waals surface area contributed by atoms with Gasteiger partial charge in [0, 0.05) is 184 Å². The molecule has 0 fully saturated rings. The molecule has 128 heavy (non-hydrogen) atoms. The van der Waals surface area contributed by atoms with E-state index in [0.29, 0.717) is 28.1 Å². The van der Waals surface area contributed by atoms with Crippen molar-refractivity contribution in [1.29, 1.82) is 0 Å². The summed E-state index contributed by atoms with van der Waals surface area (Å²) in [7, 11) is 0. The molecule has 20 aromatic carbocycles. The van der Waals surface area contributed by atoms with Gasteiger partial charge >= 0.3 is 0 Å². The number of fused-ring (bicyclic) bond motifs is 14. The average molecular weight is 1700 g/mol.